The van der Waals surface area contributed by atoms with Crippen molar-refractivity contribution in [1.82, 2.24) is 0 Å². The first-order valence-corrected chi connectivity index (χ1v) is 40.1. The van der Waals surface area contributed by atoms with Gasteiger partial charge in [-0.25, -0.2) is 0 Å². The predicted octanol–water partition coefficient (Wildman–Crippen LogP) is 16.6. The zero-order chi connectivity index (χ0) is 50.7. The Kier molecular flexibility index (Phi) is 29.4. The summed E-state index contributed by atoms with van der Waals surface area (Å²) < 4.78 is 35.9. The van der Waals surface area contributed by atoms with Gasteiger partial charge in [-0.3, -0.25) is 4.79 Å². The van der Waals surface area contributed by atoms with E-state index in [-0.39, 0.29) is 29.3 Å². The van der Waals surface area contributed by atoms with Crippen molar-refractivity contribution < 1.29 is 32.0 Å². The Morgan fingerprint density at radius 2 is 1.06 bits per heavy atom. The third kappa shape index (κ3) is 19.6. The van der Waals surface area contributed by atoms with Crippen LogP contribution in [0, 0.1) is 11.8 Å². The Morgan fingerprint density at radius 3 is 1.48 bits per heavy atom. The third-order valence-electron chi connectivity index (χ3n) is 17.1. The maximum atomic E-state index is 15.3. The van der Waals surface area contributed by atoms with E-state index in [1.54, 1.807) is 0 Å². The van der Waals surface area contributed by atoms with Gasteiger partial charge < -0.3 is 27.2 Å². The maximum absolute atomic E-state index is 15.3. The number of ketones is 1. The summed E-state index contributed by atoms with van der Waals surface area (Å²) in [6, 6.07) is 12.1. The van der Waals surface area contributed by atoms with Crippen molar-refractivity contribution in [2.75, 3.05) is 6.61 Å². The van der Waals surface area contributed by atoms with Gasteiger partial charge in [0.05, 0.1) is 17.8 Å². The van der Waals surface area contributed by atoms with Gasteiger partial charge in [-0.05, 0) is 148 Å². The largest absolute Gasteiger partial charge is 0.417 e. The van der Waals surface area contributed by atoms with Gasteiger partial charge >= 0.3 is 0 Å². The van der Waals surface area contributed by atoms with Gasteiger partial charge in [0.25, 0.3) is 0 Å². The molecule has 0 bridgehead atoms. The molecule has 386 valence electrons. The van der Waals surface area contributed by atoms with E-state index in [0.29, 0.717) is 12.3 Å². The van der Waals surface area contributed by atoms with Crippen molar-refractivity contribution in [3.8, 4) is 0 Å². The lowest BCUT2D eigenvalue weighted by atomic mass is 9.85. The van der Waals surface area contributed by atoms with E-state index in [1.807, 2.05) is 0 Å². The molecule has 0 aromatic rings. The van der Waals surface area contributed by atoms with E-state index in [9.17, 15) is 5.11 Å². The fourth-order valence-electron chi connectivity index (χ4n) is 9.88. The van der Waals surface area contributed by atoms with E-state index in [0.717, 1.165) is 110 Å². The van der Waals surface area contributed by atoms with E-state index in [4.69, 9.17) is 22.1 Å². The van der Waals surface area contributed by atoms with Gasteiger partial charge in [0.15, 0.2) is 47.4 Å². The van der Waals surface area contributed by atoms with Crippen LogP contribution in [0.4, 0.5) is 0 Å². The van der Waals surface area contributed by atoms with E-state index >= 15 is 4.79 Å². The number of rotatable bonds is 37. The molecule has 0 saturated heterocycles. The van der Waals surface area contributed by atoms with Gasteiger partial charge in [0.2, 0.25) is 0 Å². The first-order valence-electron chi connectivity index (χ1n) is 27.0. The molecule has 0 rings (SSSR count). The molecule has 65 heavy (non-hydrogen) atoms. The van der Waals surface area contributed by atoms with Gasteiger partial charge in [0, 0.05) is 25.6 Å². The first-order chi connectivity index (χ1) is 30.1. The van der Waals surface area contributed by atoms with Crippen LogP contribution in [-0.4, -0.2) is 89.1 Å². The number of carbonyl (C=O) groups is 1. The molecule has 0 aliphatic rings. The average molecular weight is 1000 g/mol. The second kappa shape index (κ2) is 29.4. The molecule has 0 aliphatic heterocycles. The lowest BCUT2D eigenvalue weighted by Crippen LogP contribution is -2.55. The molecule has 0 heterocycles. The molecule has 0 spiro atoms. The van der Waals surface area contributed by atoms with Crippen LogP contribution in [0.25, 0.3) is 0 Å². The SMILES string of the molecule is C=C(/C=C(\C)[C@@](C)(C[C@H](O)CC(=O)[C@H](O[Si](CC)(CC)CC)[C@@H](O[Si](CC)(CC)CC)[C@H](C)C[C@@H](C)O[Si](CC)(CC)CC)O[Si](CC)(CC)CC)C[C@@H](C)CCO[Si](C)(C)C(C)(C)C. The Bertz CT molecular complexity index is 1350. The molecule has 0 aliphatic carbocycles. The number of hydrogen-bond donors (Lipinski definition) is 1. The quantitative estimate of drug-likeness (QED) is 0.0490. The molecular formula is C53H112O7Si5. The van der Waals surface area contributed by atoms with E-state index in [1.165, 1.54) is 0 Å². The van der Waals surface area contributed by atoms with Crippen LogP contribution < -0.4 is 0 Å². The highest BCUT2D eigenvalue weighted by Crippen LogP contribution is 2.40. The fraction of sp³-hybridized carbons (Fsp3) is 0.906. The molecule has 0 amide bonds. The zero-order valence-electron chi connectivity index (χ0n) is 47.4. The topological polar surface area (TPSA) is 83.5 Å². The van der Waals surface area contributed by atoms with Gasteiger partial charge in [-0.2, -0.15) is 0 Å². The predicted molar refractivity (Wildman–Crippen MR) is 297 cm³/mol. The number of aliphatic hydroxyl groups is 1. The number of hydrogen-bond acceptors (Lipinski definition) is 7. The van der Waals surface area contributed by atoms with Crippen molar-refractivity contribution in [3.63, 3.8) is 0 Å². The van der Waals surface area contributed by atoms with Crippen LogP contribution in [0.5, 0.6) is 0 Å². The Hall–Kier alpha value is -0.00558. The second-order valence-corrected chi connectivity index (χ2v) is 46.0. The number of Topliss-reactive ketones (excluding diaryl/α,β-unsaturated/α-hetero) is 1. The molecule has 12 heteroatoms. The standard InChI is InChI=1S/C53H112O7Si5/c1-24-62(25-2,26-3)57-47(17)40-45(15)50(58-63(27-4,28-5)29-6)51(59-64(30-7,31-8)32-9)49(55)41-48(54)42-53(21,60-65(33-10,34-11)35-12)46(16)39-44(14)38-43(13)36-37-56-61(22,23)52(18,19)20/h39,43,45,47-48,50-51,54H,14,24-38,40-42H2,1-13,15-23H3/b46-39+/t43-,45+,47+,48+,50-,51-,53+/m0/s1. The molecule has 7 atom stereocenters. The summed E-state index contributed by atoms with van der Waals surface area (Å²) in [7, 11) is -10.3. The molecule has 0 fully saturated rings. The van der Waals surface area contributed by atoms with Crippen LogP contribution in [0.15, 0.2) is 23.8 Å². The summed E-state index contributed by atoms with van der Waals surface area (Å²) in [5, 5.41) is 12.5. The highest BCUT2D eigenvalue weighted by Gasteiger charge is 2.47. The van der Waals surface area contributed by atoms with Crippen LogP contribution in [-0.2, 0) is 26.9 Å². The molecular weight excluding hydrogens is 889 g/mol. The van der Waals surface area contributed by atoms with Crippen LogP contribution in [0.2, 0.25) is 90.7 Å². The fourth-order valence-corrected chi connectivity index (χ4v) is 22.8. The molecule has 7 nitrogen and oxygen atoms in total. The maximum Gasteiger partial charge on any atom is 0.193 e. The van der Waals surface area contributed by atoms with Crippen molar-refractivity contribution in [2.24, 2.45) is 11.8 Å². The summed E-state index contributed by atoms with van der Waals surface area (Å²) in [5.74, 6) is 0.409. The van der Waals surface area contributed by atoms with Crippen molar-refractivity contribution in [2.45, 2.75) is 291 Å². The Labute approximate surface area is 410 Å². The molecule has 0 aromatic carbocycles. The summed E-state index contributed by atoms with van der Waals surface area (Å²) in [4.78, 5) is 15.3. The lowest BCUT2D eigenvalue weighted by Gasteiger charge is -2.44. The van der Waals surface area contributed by atoms with Crippen LogP contribution in [0.1, 0.15) is 171 Å². The highest BCUT2D eigenvalue weighted by atomic mass is 28.4. The Balaban J connectivity index is 7.22. The number of aliphatic hydroxyl groups excluding tert-OH is 1. The minimum Gasteiger partial charge on any atom is -0.417 e. The van der Waals surface area contributed by atoms with E-state index in [2.05, 4.69) is 164 Å². The van der Waals surface area contributed by atoms with Crippen molar-refractivity contribution in [3.05, 3.63) is 23.8 Å². The molecule has 0 unspecified atom stereocenters. The molecule has 0 saturated carbocycles. The first kappa shape index (κ1) is 65.0. The number of allylic oxidation sites excluding steroid dienone is 2. The highest BCUT2D eigenvalue weighted by molar-refractivity contribution is 6.75. The summed E-state index contributed by atoms with van der Waals surface area (Å²) in [5.41, 5.74) is 1.36. The second-order valence-electron chi connectivity index (χ2n) is 22.3. The summed E-state index contributed by atoms with van der Waals surface area (Å²) in [6.07, 6.45) is 3.16. The summed E-state index contributed by atoms with van der Waals surface area (Å²) in [6.45, 7) is 55.1. The average Bonchev–Trinajstić information content (AvgIpc) is 3.25. The lowest BCUT2D eigenvalue weighted by molar-refractivity contribution is -0.135. The van der Waals surface area contributed by atoms with Crippen LogP contribution >= 0.6 is 0 Å². The van der Waals surface area contributed by atoms with E-state index < -0.39 is 65.5 Å². The minimum atomic E-state index is -2.31. The van der Waals surface area contributed by atoms with Crippen molar-refractivity contribution >= 4 is 47.4 Å². The Morgan fingerprint density at radius 1 is 0.646 bits per heavy atom. The monoisotopic (exact) mass is 1000 g/mol. The van der Waals surface area contributed by atoms with Crippen molar-refractivity contribution in [1.29, 1.82) is 0 Å². The smallest absolute Gasteiger partial charge is 0.193 e. The number of carbonyl (C=O) groups excluding carboxylic acids is 1. The van der Waals surface area contributed by atoms with Gasteiger partial charge in [-0.15, -0.1) is 0 Å². The third-order valence-corrected chi connectivity index (χ3v) is 40.4. The van der Waals surface area contributed by atoms with Crippen LogP contribution in [0.3, 0.4) is 0 Å². The zero-order valence-corrected chi connectivity index (χ0v) is 52.4. The minimum absolute atomic E-state index is 0.00124. The molecule has 0 aromatic heterocycles. The molecule has 1 N–H and O–H groups in total. The van der Waals surface area contributed by atoms with Gasteiger partial charge in [0.1, 0.15) is 6.10 Å². The molecule has 0 radical (unpaired) electrons. The van der Waals surface area contributed by atoms with Gasteiger partial charge in [-0.1, -0.05) is 136 Å². The summed E-state index contributed by atoms with van der Waals surface area (Å²) >= 11 is 0. The normalized spacial score (nSPS) is 17.6.